The molecule has 0 spiro atoms. The van der Waals surface area contributed by atoms with Gasteiger partial charge < -0.3 is 9.64 Å². The fraction of sp³-hybridized carbons (Fsp3) is 0.333. The molecular formula is C18H18BrN3O2. The Morgan fingerprint density at radius 1 is 1.29 bits per heavy atom. The van der Waals surface area contributed by atoms with Gasteiger partial charge >= 0.3 is 6.09 Å². The molecule has 0 radical (unpaired) electrons. The maximum absolute atomic E-state index is 11.9. The van der Waals surface area contributed by atoms with E-state index >= 15 is 0 Å². The van der Waals surface area contributed by atoms with Crippen LogP contribution in [0.4, 0.5) is 16.3 Å². The summed E-state index contributed by atoms with van der Waals surface area (Å²) in [5, 5.41) is 0. The van der Waals surface area contributed by atoms with E-state index in [-0.39, 0.29) is 6.09 Å². The predicted molar refractivity (Wildman–Crippen MR) is 96.6 cm³/mol. The summed E-state index contributed by atoms with van der Waals surface area (Å²) < 4.78 is 6.11. The van der Waals surface area contributed by atoms with Gasteiger partial charge in [-0.1, -0.05) is 12.1 Å². The van der Waals surface area contributed by atoms with E-state index in [2.05, 4.69) is 44.9 Å². The fourth-order valence-corrected chi connectivity index (χ4v) is 3.56. The molecule has 0 atom stereocenters. The summed E-state index contributed by atoms with van der Waals surface area (Å²) >= 11 is 3.50. The van der Waals surface area contributed by atoms with E-state index in [0.29, 0.717) is 13.2 Å². The smallest absolute Gasteiger partial charge is 0.414 e. The first-order valence-corrected chi connectivity index (χ1v) is 8.85. The molecule has 24 heavy (non-hydrogen) atoms. The molecule has 6 heteroatoms. The van der Waals surface area contributed by atoms with Crippen molar-refractivity contribution in [2.24, 2.45) is 0 Å². The molecule has 3 heterocycles. The highest BCUT2D eigenvalue weighted by Gasteiger charge is 2.28. The molecule has 4 rings (SSSR count). The van der Waals surface area contributed by atoms with E-state index in [0.717, 1.165) is 35.5 Å². The van der Waals surface area contributed by atoms with E-state index in [1.165, 1.54) is 16.7 Å². The minimum Gasteiger partial charge on any atom is -0.447 e. The molecular weight excluding hydrogens is 370 g/mol. The summed E-state index contributed by atoms with van der Waals surface area (Å²) in [5.74, 6) is 0.993. The normalized spacial score (nSPS) is 17.0. The average Bonchev–Trinajstić information content (AvgIpc) is 3.02. The third-order valence-electron chi connectivity index (χ3n) is 4.65. The number of aryl methyl sites for hydroxylation is 1. The van der Waals surface area contributed by atoms with E-state index < -0.39 is 0 Å². The van der Waals surface area contributed by atoms with Gasteiger partial charge in [-0.3, -0.25) is 4.90 Å². The summed E-state index contributed by atoms with van der Waals surface area (Å²) in [4.78, 5) is 20.5. The number of hydrogen-bond donors (Lipinski definition) is 0. The average molecular weight is 388 g/mol. The van der Waals surface area contributed by atoms with Gasteiger partial charge in [0.2, 0.25) is 0 Å². The number of rotatable bonds is 2. The summed E-state index contributed by atoms with van der Waals surface area (Å²) in [6.45, 7) is 4.87. The Labute approximate surface area is 149 Å². The molecule has 2 aromatic rings. The molecule has 0 saturated carbocycles. The number of fused-ring (bicyclic) bond motifs is 1. The van der Waals surface area contributed by atoms with Crippen molar-refractivity contribution in [1.82, 2.24) is 4.98 Å². The number of cyclic esters (lactones) is 1. The number of benzene rings is 1. The van der Waals surface area contributed by atoms with Gasteiger partial charge in [0, 0.05) is 23.8 Å². The number of nitrogens with zero attached hydrogens (tertiary/aromatic N) is 3. The zero-order valence-electron chi connectivity index (χ0n) is 13.5. The van der Waals surface area contributed by atoms with Crippen molar-refractivity contribution in [2.75, 3.05) is 29.5 Å². The Morgan fingerprint density at radius 2 is 2.17 bits per heavy atom. The highest BCUT2D eigenvalue weighted by Crippen LogP contribution is 2.32. The van der Waals surface area contributed by atoms with Crippen LogP contribution in [0.3, 0.4) is 0 Å². The Bertz CT molecular complexity index is 809. The second-order valence-electron chi connectivity index (χ2n) is 6.14. The highest BCUT2D eigenvalue weighted by atomic mass is 79.9. The van der Waals surface area contributed by atoms with Gasteiger partial charge in [-0.2, -0.15) is 0 Å². The van der Waals surface area contributed by atoms with Crippen molar-refractivity contribution in [3.05, 3.63) is 51.6 Å². The van der Waals surface area contributed by atoms with E-state index in [1.807, 2.05) is 18.3 Å². The number of hydrogen-bond acceptors (Lipinski definition) is 4. The number of carbonyl (C=O) groups is 1. The van der Waals surface area contributed by atoms with E-state index in [4.69, 9.17) is 4.74 Å². The van der Waals surface area contributed by atoms with Crippen LogP contribution in [0.5, 0.6) is 0 Å². The van der Waals surface area contributed by atoms with Crippen molar-refractivity contribution < 1.29 is 9.53 Å². The zero-order valence-corrected chi connectivity index (χ0v) is 15.0. The second-order valence-corrected chi connectivity index (χ2v) is 7.00. The first-order valence-electron chi connectivity index (χ1n) is 8.05. The quantitative estimate of drug-likeness (QED) is 0.788. The fourth-order valence-electron chi connectivity index (χ4n) is 3.35. The highest BCUT2D eigenvalue weighted by molar-refractivity contribution is 9.10. The third-order valence-corrected chi connectivity index (χ3v) is 5.48. The summed E-state index contributed by atoms with van der Waals surface area (Å²) in [6, 6.07) is 8.28. The molecule has 1 saturated heterocycles. The number of pyridine rings is 1. The monoisotopic (exact) mass is 387 g/mol. The van der Waals surface area contributed by atoms with Gasteiger partial charge in [0.25, 0.3) is 0 Å². The van der Waals surface area contributed by atoms with Gasteiger partial charge in [0.1, 0.15) is 12.4 Å². The molecule has 0 aliphatic carbocycles. The number of carbonyl (C=O) groups excluding carboxylic acids is 1. The molecule has 1 fully saturated rings. The molecule has 0 N–H and O–H groups in total. The van der Waals surface area contributed by atoms with Gasteiger partial charge in [-0.25, -0.2) is 9.78 Å². The van der Waals surface area contributed by atoms with Crippen LogP contribution in [-0.2, 0) is 17.7 Å². The Balaban J connectivity index is 1.64. The summed E-state index contributed by atoms with van der Waals surface area (Å²) in [6.07, 6.45) is 2.51. The van der Waals surface area contributed by atoms with Crippen LogP contribution >= 0.6 is 15.9 Å². The minimum absolute atomic E-state index is 0.240. The lowest BCUT2D eigenvalue weighted by Crippen LogP contribution is -2.33. The molecule has 124 valence electrons. The Hall–Kier alpha value is -2.08. The van der Waals surface area contributed by atoms with Gasteiger partial charge in [-0.15, -0.1) is 0 Å². The maximum atomic E-state index is 11.9. The lowest BCUT2D eigenvalue weighted by molar-refractivity contribution is 0.181. The largest absolute Gasteiger partial charge is 0.447 e. The molecule has 2 aliphatic heterocycles. The lowest BCUT2D eigenvalue weighted by Gasteiger charge is -2.32. The lowest BCUT2D eigenvalue weighted by atomic mass is 9.97. The molecule has 1 amide bonds. The number of amides is 1. The van der Waals surface area contributed by atoms with Crippen molar-refractivity contribution in [1.29, 1.82) is 0 Å². The van der Waals surface area contributed by atoms with Crippen LogP contribution in [0.2, 0.25) is 0 Å². The van der Waals surface area contributed by atoms with Crippen LogP contribution in [0.15, 0.2) is 34.9 Å². The molecule has 1 aromatic heterocycles. The van der Waals surface area contributed by atoms with E-state index in [1.54, 1.807) is 4.90 Å². The van der Waals surface area contributed by atoms with Crippen LogP contribution in [0.1, 0.15) is 16.7 Å². The molecule has 5 nitrogen and oxygen atoms in total. The van der Waals surface area contributed by atoms with Gasteiger partial charge in [-0.05, 0) is 58.1 Å². The number of anilines is 2. The summed E-state index contributed by atoms with van der Waals surface area (Å²) in [5.41, 5.74) is 4.68. The van der Waals surface area contributed by atoms with Gasteiger partial charge in [0.15, 0.2) is 0 Å². The molecule has 0 unspecified atom stereocenters. The van der Waals surface area contributed by atoms with Crippen molar-refractivity contribution >= 4 is 33.5 Å². The van der Waals surface area contributed by atoms with Gasteiger partial charge in [0.05, 0.1) is 12.2 Å². The van der Waals surface area contributed by atoms with Crippen LogP contribution < -0.4 is 9.80 Å². The van der Waals surface area contributed by atoms with Crippen LogP contribution in [0.25, 0.3) is 0 Å². The topological polar surface area (TPSA) is 45.7 Å². The SMILES string of the molecule is Cc1cc(N2CCc3c(cccc3N3CCOC3=O)C2)ncc1Br. The Kier molecular flexibility index (Phi) is 3.92. The standard InChI is InChI=1S/C18H18BrN3O2/c1-12-9-17(20-10-15(12)19)21-6-5-14-13(11-21)3-2-4-16(14)22-7-8-24-18(22)23/h2-4,9-10H,5-8,11H2,1H3. The first kappa shape index (κ1) is 15.4. The first-order chi connectivity index (χ1) is 11.6. The molecule has 1 aromatic carbocycles. The Morgan fingerprint density at radius 3 is 2.92 bits per heavy atom. The summed E-state index contributed by atoms with van der Waals surface area (Å²) in [7, 11) is 0. The maximum Gasteiger partial charge on any atom is 0.414 e. The van der Waals surface area contributed by atoms with Crippen LogP contribution in [-0.4, -0.2) is 30.8 Å². The predicted octanol–water partition coefficient (Wildman–Crippen LogP) is 3.67. The number of ether oxygens (including phenoxy) is 1. The number of aromatic nitrogens is 1. The van der Waals surface area contributed by atoms with Crippen molar-refractivity contribution in [2.45, 2.75) is 19.9 Å². The second kappa shape index (κ2) is 6.09. The molecule has 0 bridgehead atoms. The van der Waals surface area contributed by atoms with Crippen molar-refractivity contribution in [3.8, 4) is 0 Å². The molecule has 2 aliphatic rings. The third kappa shape index (κ3) is 2.65. The van der Waals surface area contributed by atoms with Crippen molar-refractivity contribution in [3.63, 3.8) is 0 Å². The zero-order chi connectivity index (χ0) is 16.7. The number of halogens is 1. The van der Waals surface area contributed by atoms with Crippen LogP contribution in [0, 0.1) is 6.92 Å². The van der Waals surface area contributed by atoms with E-state index in [9.17, 15) is 4.79 Å². The minimum atomic E-state index is -0.240.